The van der Waals surface area contributed by atoms with Gasteiger partial charge in [-0.15, -0.1) is 0 Å². The van der Waals surface area contributed by atoms with Gasteiger partial charge in [0, 0.05) is 12.3 Å². The number of nitrogens with one attached hydrogen (secondary N) is 1. The molecule has 0 atom stereocenters. The number of H-pyrrole nitrogens is 1. The van der Waals surface area contributed by atoms with E-state index in [0.29, 0.717) is 0 Å². The summed E-state index contributed by atoms with van der Waals surface area (Å²) in [6.07, 6.45) is 6.11. The van der Waals surface area contributed by atoms with Crippen LogP contribution in [0.4, 0.5) is 0 Å². The molecule has 0 amide bonds. The second-order valence-corrected chi connectivity index (χ2v) is 1.46. The highest BCUT2D eigenvalue weighted by atomic mass is 15.2. The zero-order valence-corrected chi connectivity index (χ0v) is 4.05. The molecule has 3 nitrogen and oxygen atoms in total. The molecule has 8 heavy (non-hydrogen) atoms. The monoisotopic (exact) mass is 105 g/mol. The zero-order chi connectivity index (χ0) is 5.40. The summed E-state index contributed by atoms with van der Waals surface area (Å²) in [7, 11) is 0. The van der Waals surface area contributed by atoms with Crippen LogP contribution in [-0.4, -0.2) is 14.6 Å². The molecule has 0 saturated carbocycles. The van der Waals surface area contributed by atoms with E-state index < -0.39 is 0 Å². The number of rotatable bonds is 0. The van der Waals surface area contributed by atoms with Crippen LogP contribution in [0.1, 0.15) is 0 Å². The molecule has 2 heterocycles. The molecule has 0 spiro atoms. The normalized spacial score (nSPS) is 10.5. The van der Waals surface area contributed by atoms with Crippen molar-refractivity contribution in [3.8, 4) is 0 Å². The van der Waals surface area contributed by atoms with Crippen LogP contribution in [0.5, 0.6) is 0 Å². The van der Waals surface area contributed by atoms with Crippen molar-refractivity contribution in [2.45, 2.75) is 0 Å². The van der Waals surface area contributed by atoms with Crippen molar-refractivity contribution >= 4 is 5.65 Å². The molecule has 0 aliphatic carbocycles. The number of imidazole rings is 1. The van der Waals surface area contributed by atoms with Crippen molar-refractivity contribution in [1.29, 1.82) is 0 Å². The molecule has 2 aromatic heterocycles. The average molecular weight is 105 g/mol. The number of hydrogen-bond acceptors (Lipinski definition) is 1. The molecule has 0 aliphatic heterocycles. The Morgan fingerprint density at radius 3 is 3.62 bits per heavy atom. The van der Waals surface area contributed by atoms with Crippen LogP contribution in [0.15, 0.2) is 12.4 Å². The van der Waals surface area contributed by atoms with E-state index in [1.165, 1.54) is 0 Å². The highest BCUT2D eigenvalue weighted by Gasteiger charge is 1.89. The van der Waals surface area contributed by atoms with Crippen LogP contribution in [0.3, 0.4) is 0 Å². The molecule has 0 fully saturated rings. The van der Waals surface area contributed by atoms with Gasteiger partial charge >= 0.3 is 0 Å². The molecule has 0 saturated heterocycles. The summed E-state index contributed by atoms with van der Waals surface area (Å²) in [5, 5.41) is 2.84. The summed E-state index contributed by atoms with van der Waals surface area (Å²) < 4.78 is 1.67. The Bertz CT molecular complexity index is 229. The van der Waals surface area contributed by atoms with Crippen molar-refractivity contribution in [2.24, 2.45) is 0 Å². The third-order valence-corrected chi connectivity index (χ3v) is 0.980. The molecule has 0 aromatic carbocycles. The number of hydrogen-bond donors (Lipinski definition) is 1. The lowest BCUT2D eigenvalue weighted by Gasteiger charge is -1.73. The fraction of sp³-hybridized carbons (Fsp3) is 0. The minimum atomic E-state index is 0.782. The maximum Gasteiger partial charge on any atom is 0.161 e. The second kappa shape index (κ2) is 1.12. The molecule has 38 valence electrons. The minimum absolute atomic E-state index is 0.782. The summed E-state index contributed by atoms with van der Waals surface area (Å²) >= 11 is 0. The first-order valence-corrected chi connectivity index (χ1v) is 2.27. The van der Waals surface area contributed by atoms with E-state index in [1.54, 1.807) is 16.9 Å². The van der Waals surface area contributed by atoms with Crippen LogP contribution >= 0.6 is 0 Å². The van der Waals surface area contributed by atoms with Gasteiger partial charge in [-0.05, 0) is 0 Å². The third kappa shape index (κ3) is 0.307. The summed E-state index contributed by atoms with van der Waals surface area (Å²) in [5.74, 6) is 0. The van der Waals surface area contributed by atoms with Gasteiger partial charge < -0.3 is 0 Å². The van der Waals surface area contributed by atoms with Gasteiger partial charge in [-0.25, -0.2) is 9.50 Å². The molecule has 0 aliphatic rings. The average Bonchev–Trinajstić information content (AvgIpc) is 2.15. The van der Waals surface area contributed by atoms with E-state index in [-0.39, 0.29) is 0 Å². The van der Waals surface area contributed by atoms with Gasteiger partial charge in [0.05, 0.1) is 6.20 Å². The summed E-state index contributed by atoms with van der Waals surface area (Å²) in [4.78, 5) is 3.90. The topological polar surface area (TPSA) is 33.1 Å². The maximum atomic E-state index is 3.90. The highest BCUT2D eigenvalue weighted by Crippen LogP contribution is 1.92. The van der Waals surface area contributed by atoms with Gasteiger partial charge in [0.25, 0.3) is 0 Å². The van der Waals surface area contributed by atoms with Crippen molar-refractivity contribution in [3.63, 3.8) is 0 Å². The van der Waals surface area contributed by atoms with Gasteiger partial charge in [-0.3, -0.25) is 5.10 Å². The van der Waals surface area contributed by atoms with Gasteiger partial charge in [0.2, 0.25) is 0 Å². The molecule has 0 unspecified atom stereocenters. The van der Waals surface area contributed by atoms with E-state index in [9.17, 15) is 0 Å². The Hall–Kier alpha value is -1.25. The SMILES string of the molecule is [c]1c[nH]n2[c]cnc12. The van der Waals surface area contributed by atoms with Crippen LogP contribution in [-0.2, 0) is 0 Å². The molecular weight excluding hydrogens is 102 g/mol. The van der Waals surface area contributed by atoms with Gasteiger partial charge in [-0.2, -0.15) is 0 Å². The van der Waals surface area contributed by atoms with Crippen molar-refractivity contribution < 1.29 is 0 Å². The van der Waals surface area contributed by atoms with Crippen LogP contribution < -0.4 is 0 Å². The Labute approximate surface area is 45.9 Å². The van der Waals surface area contributed by atoms with E-state index in [2.05, 4.69) is 22.3 Å². The number of nitrogens with zero attached hydrogens (tertiary/aromatic N) is 2. The molecule has 1 N–H and O–H groups in total. The summed E-state index contributed by atoms with van der Waals surface area (Å²) in [6.45, 7) is 0. The molecule has 2 radical (unpaired) electrons. The lowest BCUT2D eigenvalue weighted by molar-refractivity contribution is 0.966. The van der Waals surface area contributed by atoms with Gasteiger partial charge in [-0.1, -0.05) is 0 Å². The van der Waals surface area contributed by atoms with Crippen molar-refractivity contribution in [1.82, 2.24) is 14.6 Å². The molecular formula is C5H3N3. The molecule has 3 heteroatoms. The van der Waals surface area contributed by atoms with E-state index in [0.717, 1.165) is 5.65 Å². The fourth-order valence-electron chi connectivity index (χ4n) is 0.628. The molecule has 2 rings (SSSR count). The highest BCUT2D eigenvalue weighted by molar-refractivity contribution is 5.32. The Kier molecular flexibility index (Phi) is 0.521. The zero-order valence-electron chi connectivity index (χ0n) is 4.05. The Morgan fingerprint density at radius 2 is 2.75 bits per heavy atom. The standard InChI is InChI=1S/C5H3N3/c1-2-7-8-4-3-6-5(1)8/h2-3,7H. The van der Waals surface area contributed by atoms with Gasteiger partial charge in [0.15, 0.2) is 5.65 Å². The fourth-order valence-corrected chi connectivity index (χ4v) is 0.628. The van der Waals surface area contributed by atoms with E-state index in [1.807, 2.05) is 0 Å². The molecule has 2 aromatic rings. The van der Waals surface area contributed by atoms with Crippen LogP contribution in [0, 0.1) is 12.3 Å². The molecule has 0 bridgehead atoms. The smallest absolute Gasteiger partial charge is 0.161 e. The number of aromatic amines is 1. The Balaban J connectivity index is 3.06. The van der Waals surface area contributed by atoms with E-state index >= 15 is 0 Å². The lowest BCUT2D eigenvalue weighted by Crippen LogP contribution is -1.76. The van der Waals surface area contributed by atoms with Crippen molar-refractivity contribution in [3.05, 3.63) is 24.7 Å². The predicted molar refractivity (Wildman–Crippen MR) is 27.2 cm³/mol. The number of aromatic nitrogens is 3. The summed E-state index contributed by atoms with van der Waals surface area (Å²) in [6, 6.07) is 2.86. The van der Waals surface area contributed by atoms with Crippen LogP contribution in [0.2, 0.25) is 0 Å². The third-order valence-electron chi connectivity index (χ3n) is 0.980. The maximum absolute atomic E-state index is 3.90. The first kappa shape index (κ1) is 3.72. The first-order valence-electron chi connectivity index (χ1n) is 2.27. The predicted octanol–water partition coefficient (Wildman–Crippen LogP) is 0.263. The lowest BCUT2D eigenvalue weighted by atomic mass is 10.7. The second-order valence-electron chi connectivity index (χ2n) is 1.46. The van der Waals surface area contributed by atoms with E-state index in [4.69, 9.17) is 0 Å². The Morgan fingerprint density at radius 1 is 1.75 bits per heavy atom. The van der Waals surface area contributed by atoms with Gasteiger partial charge in [0.1, 0.15) is 6.20 Å². The van der Waals surface area contributed by atoms with Crippen LogP contribution in [0.25, 0.3) is 5.65 Å². The first-order chi connectivity index (χ1) is 3.97. The minimum Gasteiger partial charge on any atom is -0.299 e. The number of fused-ring (bicyclic) bond motifs is 1. The summed E-state index contributed by atoms with van der Waals surface area (Å²) in [5.41, 5.74) is 0.782. The van der Waals surface area contributed by atoms with Crippen molar-refractivity contribution in [2.75, 3.05) is 0 Å². The quantitative estimate of drug-likeness (QED) is 0.512. The largest absolute Gasteiger partial charge is 0.299 e.